The summed E-state index contributed by atoms with van der Waals surface area (Å²) in [4.78, 5) is 37.6. The van der Waals surface area contributed by atoms with E-state index >= 15 is 0 Å². The van der Waals surface area contributed by atoms with Crippen LogP contribution in [0, 0.1) is 0 Å². The second-order valence-corrected chi connectivity index (χ2v) is 6.23. The molecule has 0 radical (unpaired) electrons. The Morgan fingerprint density at radius 2 is 2.00 bits per heavy atom. The summed E-state index contributed by atoms with van der Waals surface area (Å²) in [6.07, 6.45) is 0.662. The van der Waals surface area contributed by atoms with Crippen LogP contribution in [0.25, 0.3) is 0 Å². The molecule has 2 fully saturated rings. The number of benzene rings is 1. The number of imide groups is 1. The zero-order chi connectivity index (χ0) is 16.0. The van der Waals surface area contributed by atoms with Gasteiger partial charge in [0, 0.05) is 42.9 Å². The number of hydrogen-bond donors (Lipinski definition) is 3. The molecule has 23 heavy (non-hydrogen) atoms. The Morgan fingerprint density at radius 3 is 2.70 bits per heavy atom. The summed E-state index contributed by atoms with van der Waals surface area (Å²) in [5, 5.41) is 8.97. The third-order valence-corrected chi connectivity index (χ3v) is 4.72. The van der Waals surface area contributed by atoms with Crippen LogP contribution in [0.15, 0.2) is 18.2 Å². The van der Waals surface area contributed by atoms with E-state index in [4.69, 9.17) is 0 Å². The van der Waals surface area contributed by atoms with Crippen LogP contribution < -0.4 is 16.0 Å². The summed E-state index contributed by atoms with van der Waals surface area (Å²) in [5.41, 5.74) is 2.54. The maximum atomic E-state index is 12.7. The van der Waals surface area contributed by atoms with Gasteiger partial charge in [-0.2, -0.15) is 0 Å². The summed E-state index contributed by atoms with van der Waals surface area (Å²) in [6.45, 7) is 2.23. The molecule has 3 aliphatic heterocycles. The van der Waals surface area contributed by atoms with Gasteiger partial charge in [-0.1, -0.05) is 6.07 Å². The Bertz CT molecular complexity index is 699. The first kappa shape index (κ1) is 14.2. The normalized spacial score (nSPS) is 24.3. The van der Waals surface area contributed by atoms with Crippen molar-refractivity contribution in [1.82, 2.24) is 15.5 Å². The van der Waals surface area contributed by atoms with Gasteiger partial charge in [-0.05, 0) is 18.6 Å². The number of hydrogen-bond acceptors (Lipinski definition) is 5. The first-order valence-electron chi connectivity index (χ1n) is 7.87. The van der Waals surface area contributed by atoms with Crippen molar-refractivity contribution in [3.8, 4) is 0 Å². The van der Waals surface area contributed by atoms with Crippen molar-refractivity contribution in [2.75, 3.05) is 18.4 Å². The van der Waals surface area contributed by atoms with Gasteiger partial charge < -0.3 is 15.5 Å². The van der Waals surface area contributed by atoms with Crippen LogP contribution in [0.4, 0.5) is 5.69 Å². The number of fused-ring (bicyclic) bond motifs is 1. The highest BCUT2D eigenvalue weighted by Crippen LogP contribution is 2.32. The van der Waals surface area contributed by atoms with E-state index in [0.29, 0.717) is 24.6 Å². The summed E-state index contributed by atoms with van der Waals surface area (Å²) < 4.78 is 0. The smallest absolute Gasteiger partial charge is 0.255 e. The lowest BCUT2D eigenvalue weighted by Gasteiger charge is -2.30. The number of nitrogens with one attached hydrogen (secondary N) is 3. The van der Waals surface area contributed by atoms with Crippen LogP contribution >= 0.6 is 0 Å². The lowest BCUT2D eigenvalue weighted by Crippen LogP contribution is -2.52. The molecular weight excluding hydrogens is 296 g/mol. The number of carbonyl (C=O) groups excluding carboxylic acids is 3. The molecule has 120 valence electrons. The number of piperidine rings is 1. The topological polar surface area (TPSA) is 90.5 Å². The van der Waals surface area contributed by atoms with Crippen molar-refractivity contribution < 1.29 is 14.4 Å². The lowest BCUT2D eigenvalue weighted by atomic mass is 10.0. The van der Waals surface area contributed by atoms with Crippen LogP contribution in [-0.4, -0.2) is 47.8 Å². The van der Waals surface area contributed by atoms with Crippen molar-refractivity contribution in [2.24, 2.45) is 0 Å². The molecule has 1 aromatic rings. The fourth-order valence-electron chi connectivity index (χ4n) is 3.33. The molecule has 3 aliphatic rings. The van der Waals surface area contributed by atoms with E-state index in [0.717, 1.165) is 24.3 Å². The summed E-state index contributed by atoms with van der Waals surface area (Å²) >= 11 is 0. The van der Waals surface area contributed by atoms with E-state index in [2.05, 4.69) is 16.0 Å². The molecule has 7 nitrogen and oxygen atoms in total. The SMILES string of the molecule is O=C1CCC(N2Cc3c(NC4CNC4)cccc3C2=O)C(=O)N1. The molecule has 2 saturated heterocycles. The minimum Gasteiger partial charge on any atom is -0.379 e. The predicted octanol–water partition coefficient (Wildman–Crippen LogP) is -0.169. The third-order valence-electron chi connectivity index (χ3n) is 4.72. The molecule has 0 aliphatic carbocycles. The molecule has 3 amide bonds. The van der Waals surface area contributed by atoms with Crippen LogP contribution in [0.1, 0.15) is 28.8 Å². The number of rotatable bonds is 3. The third kappa shape index (κ3) is 2.37. The zero-order valence-electron chi connectivity index (χ0n) is 12.6. The lowest BCUT2D eigenvalue weighted by molar-refractivity contribution is -0.136. The molecule has 7 heteroatoms. The van der Waals surface area contributed by atoms with E-state index in [-0.39, 0.29) is 24.1 Å². The van der Waals surface area contributed by atoms with Crippen LogP contribution in [0.2, 0.25) is 0 Å². The Morgan fingerprint density at radius 1 is 1.17 bits per heavy atom. The molecule has 1 unspecified atom stereocenters. The van der Waals surface area contributed by atoms with E-state index in [1.54, 1.807) is 11.0 Å². The highest BCUT2D eigenvalue weighted by atomic mass is 16.2. The van der Waals surface area contributed by atoms with Crippen molar-refractivity contribution in [1.29, 1.82) is 0 Å². The summed E-state index contributed by atoms with van der Waals surface area (Å²) in [6, 6.07) is 5.44. The largest absolute Gasteiger partial charge is 0.379 e. The molecule has 3 heterocycles. The van der Waals surface area contributed by atoms with Crippen LogP contribution in [0.3, 0.4) is 0 Å². The van der Waals surface area contributed by atoms with Crippen molar-refractivity contribution in [2.45, 2.75) is 31.5 Å². The van der Waals surface area contributed by atoms with Crippen molar-refractivity contribution in [3.63, 3.8) is 0 Å². The Labute approximate surface area is 133 Å². The van der Waals surface area contributed by atoms with E-state index in [9.17, 15) is 14.4 Å². The molecule has 1 aromatic carbocycles. The van der Waals surface area contributed by atoms with Crippen molar-refractivity contribution >= 4 is 23.4 Å². The van der Waals surface area contributed by atoms with Gasteiger partial charge in [-0.25, -0.2) is 0 Å². The van der Waals surface area contributed by atoms with Gasteiger partial charge in [0.15, 0.2) is 0 Å². The standard InChI is InChI=1S/C16H18N4O3/c21-14-5-4-13(15(22)19-14)20-8-11-10(16(20)23)2-1-3-12(11)18-9-6-17-7-9/h1-3,9,13,17-18H,4-8H2,(H,19,21,22). The van der Waals surface area contributed by atoms with Gasteiger partial charge >= 0.3 is 0 Å². The maximum Gasteiger partial charge on any atom is 0.255 e. The average molecular weight is 314 g/mol. The van der Waals surface area contributed by atoms with E-state index in [1.165, 1.54) is 0 Å². The first-order valence-corrected chi connectivity index (χ1v) is 7.87. The summed E-state index contributed by atoms with van der Waals surface area (Å²) in [5.74, 6) is -0.778. The van der Waals surface area contributed by atoms with Gasteiger partial charge in [-0.15, -0.1) is 0 Å². The molecule has 0 saturated carbocycles. The zero-order valence-corrected chi connectivity index (χ0v) is 12.6. The summed E-state index contributed by atoms with van der Waals surface area (Å²) in [7, 11) is 0. The van der Waals surface area contributed by atoms with Crippen LogP contribution in [0.5, 0.6) is 0 Å². The fraction of sp³-hybridized carbons (Fsp3) is 0.438. The van der Waals surface area contributed by atoms with Gasteiger partial charge in [-0.3, -0.25) is 19.7 Å². The monoisotopic (exact) mass is 314 g/mol. The minimum absolute atomic E-state index is 0.134. The number of nitrogens with zero attached hydrogens (tertiary/aromatic N) is 1. The molecule has 0 bridgehead atoms. The van der Waals surface area contributed by atoms with Gasteiger partial charge in [0.2, 0.25) is 11.8 Å². The van der Waals surface area contributed by atoms with Gasteiger partial charge in [0.1, 0.15) is 6.04 Å². The maximum absolute atomic E-state index is 12.7. The van der Waals surface area contributed by atoms with Gasteiger partial charge in [0.05, 0.1) is 6.04 Å². The highest BCUT2D eigenvalue weighted by molar-refractivity contribution is 6.06. The van der Waals surface area contributed by atoms with Crippen molar-refractivity contribution in [3.05, 3.63) is 29.3 Å². The molecule has 4 rings (SSSR count). The quantitative estimate of drug-likeness (QED) is 0.674. The number of carbonyl (C=O) groups is 3. The van der Waals surface area contributed by atoms with E-state index in [1.807, 2.05) is 12.1 Å². The first-order chi connectivity index (χ1) is 11.1. The Kier molecular flexibility index (Phi) is 3.30. The number of anilines is 1. The second-order valence-electron chi connectivity index (χ2n) is 6.23. The molecule has 1 atom stereocenters. The predicted molar refractivity (Wildman–Crippen MR) is 82.8 cm³/mol. The van der Waals surface area contributed by atoms with E-state index < -0.39 is 6.04 Å². The number of amides is 3. The van der Waals surface area contributed by atoms with Crippen LogP contribution in [-0.2, 0) is 16.1 Å². The Hall–Kier alpha value is -2.41. The minimum atomic E-state index is -0.564. The average Bonchev–Trinajstić information content (AvgIpc) is 2.81. The molecular formula is C16H18N4O3. The fourth-order valence-corrected chi connectivity index (χ4v) is 3.33. The molecule has 0 aromatic heterocycles. The Balaban J connectivity index is 1.58. The highest BCUT2D eigenvalue weighted by Gasteiger charge is 2.40. The molecule has 0 spiro atoms. The second kappa shape index (κ2) is 5.34. The van der Waals surface area contributed by atoms with Gasteiger partial charge in [0.25, 0.3) is 5.91 Å². The molecule has 3 N–H and O–H groups in total.